The van der Waals surface area contributed by atoms with Gasteiger partial charge in [0.25, 0.3) is 0 Å². The predicted molar refractivity (Wildman–Crippen MR) is 30.9 cm³/mol. The molecule has 0 radical (unpaired) electrons. The van der Waals surface area contributed by atoms with Gasteiger partial charge in [0.2, 0.25) is 0 Å². The van der Waals surface area contributed by atoms with Gasteiger partial charge in [0, 0.05) is 21.1 Å². The van der Waals surface area contributed by atoms with Crippen LogP contribution in [0.3, 0.4) is 0 Å². The van der Waals surface area contributed by atoms with Crippen molar-refractivity contribution < 1.29 is 21.1 Å². The maximum Gasteiger partial charge on any atom is 0 e. The van der Waals surface area contributed by atoms with Crippen LogP contribution in [0.5, 0.6) is 0 Å². The molecule has 1 rings (SSSR count). The second-order valence-electron chi connectivity index (χ2n) is 1.49. The minimum absolute atomic E-state index is 0. The Labute approximate surface area is 64.2 Å². The van der Waals surface area contributed by atoms with E-state index in [0.29, 0.717) is 0 Å². The maximum absolute atomic E-state index is 3.72. The van der Waals surface area contributed by atoms with Gasteiger partial charge in [-0.25, -0.2) is 0 Å². The molecule has 0 aliphatic heterocycles. The first-order chi connectivity index (χ1) is 3.39. The van der Waals surface area contributed by atoms with Crippen LogP contribution < -0.4 is 0 Å². The summed E-state index contributed by atoms with van der Waals surface area (Å²) in [7, 11) is 0. The zero-order valence-electron chi connectivity index (χ0n) is 4.50. The van der Waals surface area contributed by atoms with E-state index in [1.165, 1.54) is 0 Å². The summed E-state index contributed by atoms with van der Waals surface area (Å²) >= 11 is 0. The average Bonchev–Trinajstić information content (AvgIpc) is 1.69. The molecule has 0 atom stereocenters. The molecule has 0 saturated heterocycles. The first kappa shape index (κ1) is 7.78. The Bertz CT molecular complexity index is 134. The quantitative estimate of drug-likeness (QED) is 0.429. The molecule has 0 unspecified atom stereocenters. The van der Waals surface area contributed by atoms with Crippen molar-refractivity contribution in [3.63, 3.8) is 0 Å². The van der Waals surface area contributed by atoms with Crippen molar-refractivity contribution in [2.45, 2.75) is 0 Å². The smallest absolute Gasteiger partial charge is 0 e. The minimum atomic E-state index is 0. The molecule has 0 N–H and O–H groups in total. The van der Waals surface area contributed by atoms with E-state index < -0.39 is 0 Å². The average molecular weight is 187 g/mol. The van der Waals surface area contributed by atoms with Gasteiger partial charge in [-0.05, 0) is 0 Å². The number of hydrogen-bond acceptors (Lipinski definition) is 0. The maximum atomic E-state index is 3.72. The van der Waals surface area contributed by atoms with Gasteiger partial charge in [0.1, 0.15) is 0 Å². The normalized spacial score (nSPS) is 7.50. The van der Waals surface area contributed by atoms with Crippen LogP contribution in [0, 0.1) is 6.92 Å². The summed E-state index contributed by atoms with van der Waals surface area (Å²) in [6.07, 6.45) is 0. The molecule has 0 nitrogen and oxygen atoms in total. The van der Waals surface area contributed by atoms with Gasteiger partial charge in [0.15, 0.2) is 0 Å². The Morgan fingerprint density at radius 3 is 1.75 bits per heavy atom. The second-order valence-corrected chi connectivity index (χ2v) is 1.49. The molecule has 0 fully saturated rings. The molecule has 0 spiro atoms. The van der Waals surface area contributed by atoms with Crippen molar-refractivity contribution in [1.82, 2.24) is 0 Å². The molecule has 0 bridgehead atoms. The van der Waals surface area contributed by atoms with Crippen molar-refractivity contribution in [3.05, 3.63) is 42.8 Å². The fourth-order valence-corrected chi connectivity index (χ4v) is 0.478. The van der Waals surface area contributed by atoms with E-state index in [1.54, 1.807) is 0 Å². The number of hydrogen-bond donors (Lipinski definition) is 0. The molecule has 8 heavy (non-hydrogen) atoms. The Balaban J connectivity index is 0.000000490. The third kappa shape index (κ3) is 2.18. The molecule has 0 aromatic heterocycles. The SMILES string of the molecule is [CH2-]c1ccccc1.[Mo]. The van der Waals surface area contributed by atoms with Gasteiger partial charge in [-0.3, -0.25) is 0 Å². The molecule has 0 heterocycles. The van der Waals surface area contributed by atoms with Crippen molar-refractivity contribution in [3.8, 4) is 0 Å². The van der Waals surface area contributed by atoms with Crippen LogP contribution >= 0.6 is 0 Å². The van der Waals surface area contributed by atoms with Crippen LogP contribution in [0.2, 0.25) is 0 Å². The number of benzene rings is 1. The van der Waals surface area contributed by atoms with E-state index in [-0.39, 0.29) is 21.1 Å². The molecular formula is C7H7Mo-. The molecule has 1 heteroatoms. The van der Waals surface area contributed by atoms with Crippen LogP contribution in [0.1, 0.15) is 5.56 Å². The molecule has 0 saturated carbocycles. The molecule has 0 aliphatic rings. The van der Waals surface area contributed by atoms with Crippen LogP contribution in [0.4, 0.5) is 0 Å². The summed E-state index contributed by atoms with van der Waals surface area (Å²) in [5.74, 6) is 0. The van der Waals surface area contributed by atoms with E-state index >= 15 is 0 Å². The third-order valence-electron chi connectivity index (χ3n) is 0.843. The summed E-state index contributed by atoms with van der Waals surface area (Å²) in [5, 5.41) is 0. The fraction of sp³-hybridized carbons (Fsp3) is 0. The van der Waals surface area contributed by atoms with Gasteiger partial charge in [-0.1, -0.05) is 6.07 Å². The minimum Gasteiger partial charge on any atom is -0.199 e. The number of rotatable bonds is 0. The largest absolute Gasteiger partial charge is 0.199 e. The van der Waals surface area contributed by atoms with Gasteiger partial charge in [0.05, 0.1) is 0 Å². The van der Waals surface area contributed by atoms with Crippen LogP contribution in [0.25, 0.3) is 0 Å². The van der Waals surface area contributed by atoms with E-state index in [2.05, 4.69) is 6.92 Å². The van der Waals surface area contributed by atoms with Gasteiger partial charge in [-0.15, -0.1) is 12.1 Å². The van der Waals surface area contributed by atoms with Crippen molar-refractivity contribution >= 4 is 0 Å². The van der Waals surface area contributed by atoms with Crippen LogP contribution in [0.15, 0.2) is 30.3 Å². The van der Waals surface area contributed by atoms with Crippen LogP contribution in [-0.2, 0) is 21.1 Å². The first-order valence-corrected chi connectivity index (χ1v) is 2.26. The van der Waals surface area contributed by atoms with E-state index in [1.807, 2.05) is 30.3 Å². The van der Waals surface area contributed by atoms with Crippen LogP contribution in [-0.4, -0.2) is 0 Å². The summed E-state index contributed by atoms with van der Waals surface area (Å²) in [6, 6.07) is 9.87. The van der Waals surface area contributed by atoms with Gasteiger partial charge < -0.3 is 0 Å². The Morgan fingerprint density at radius 1 is 1.00 bits per heavy atom. The summed E-state index contributed by atoms with van der Waals surface area (Å²) in [5.41, 5.74) is 1.07. The van der Waals surface area contributed by atoms with Crippen molar-refractivity contribution in [2.24, 2.45) is 0 Å². The molecule has 1 aromatic carbocycles. The summed E-state index contributed by atoms with van der Waals surface area (Å²) in [4.78, 5) is 0. The molecule has 1 aromatic rings. The molecule has 0 aliphatic carbocycles. The zero-order chi connectivity index (χ0) is 5.11. The van der Waals surface area contributed by atoms with E-state index in [4.69, 9.17) is 0 Å². The second kappa shape index (κ2) is 3.74. The Morgan fingerprint density at radius 2 is 1.50 bits per heavy atom. The third-order valence-corrected chi connectivity index (χ3v) is 0.843. The Kier molecular flexibility index (Phi) is 3.64. The predicted octanol–water partition coefficient (Wildman–Crippen LogP) is 1.87. The topological polar surface area (TPSA) is 0 Å². The molecule has 42 valence electrons. The summed E-state index contributed by atoms with van der Waals surface area (Å²) < 4.78 is 0. The summed E-state index contributed by atoms with van der Waals surface area (Å²) in [6.45, 7) is 3.72. The fourth-order valence-electron chi connectivity index (χ4n) is 0.478. The Hall–Kier alpha value is -0.222. The molecular weight excluding hydrogens is 180 g/mol. The van der Waals surface area contributed by atoms with Gasteiger partial charge in [-0.2, -0.15) is 24.6 Å². The molecule has 0 amide bonds. The van der Waals surface area contributed by atoms with E-state index in [9.17, 15) is 0 Å². The van der Waals surface area contributed by atoms with E-state index in [0.717, 1.165) is 5.56 Å². The van der Waals surface area contributed by atoms with Crippen molar-refractivity contribution in [2.75, 3.05) is 0 Å². The first-order valence-electron chi connectivity index (χ1n) is 2.26. The standard InChI is InChI=1S/C7H7.Mo/c1-7-5-3-2-4-6-7;/h2-6H,1H2;/q-1;. The zero-order valence-corrected chi connectivity index (χ0v) is 6.51. The monoisotopic (exact) mass is 189 g/mol. The van der Waals surface area contributed by atoms with Crippen molar-refractivity contribution in [1.29, 1.82) is 0 Å². The van der Waals surface area contributed by atoms with Gasteiger partial charge >= 0.3 is 0 Å².